The number of rotatable bonds is 3. The highest BCUT2D eigenvalue weighted by molar-refractivity contribution is 7.16. The van der Waals surface area contributed by atoms with E-state index in [-0.39, 0.29) is 12.4 Å². The number of nitrogens with zero attached hydrogens (tertiary/aromatic N) is 3. The Labute approximate surface area is 125 Å². The van der Waals surface area contributed by atoms with Gasteiger partial charge in [0.05, 0.1) is 11.9 Å². The maximum absolute atomic E-state index is 5.86. The Hall–Kier alpha value is -1.14. The third-order valence-corrected chi connectivity index (χ3v) is 3.82. The van der Waals surface area contributed by atoms with Crippen LogP contribution in [0.1, 0.15) is 5.01 Å². The Morgan fingerprint density at radius 1 is 1.26 bits per heavy atom. The molecule has 4 nitrogen and oxygen atoms in total. The molecule has 2 aromatic heterocycles. The Morgan fingerprint density at radius 3 is 2.63 bits per heavy atom. The van der Waals surface area contributed by atoms with Crippen molar-refractivity contribution < 1.29 is 0 Å². The molecule has 0 saturated heterocycles. The minimum atomic E-state index is 0. The van der Waals surface area contributed by atoms with Gasteiger partial charge in [-0.15, -0.1) is 12.4 Å². The van der Waals surface area contributed by atoms with Crippen molar-refractivity contribution in [3.63, 3.8) is 0 Å². The molecule has 0 aliphatic rings. The molecule has 2 heterocycles. The van der Waals surface area contributed by atoms with Crippen molar-refractivity contribution in [3.05, 3.63) is 40.5 Å². The zero-order valence-corrected chi connectivity index (χ0v) is 12.3. The van der Waals surface area contributed by atoms with Crippen LogP contribution in [0.2, 0.25) is 5.02 Å². The van der Waals surface area contributed by atoms with Crippen LogP contribution in [0.3, 0.4) is 0 Å². The van der Waals surface area contributed by atoms with E-state index in [1.807, 2.05) is 30.5 Å². The molecule has 2 N–H and O–H groups in total. The minimum Gasteiger partial charge on any atom is -0.330 e. The Balaban J connectivity index is 0.00000133. The molecular formula is C12H12Cl2N4S. The first-order valence-electron chi connectivity index (χ1n) is 5.57. The molecule has 0 bridgehead atoms. The maximum atomic E-state index is 5.86. The standard InChI is InChI=1S/C12H11ClN4S.ClH/c13-9-3-1-8(2-4-9)10-7-17-12(15-10)18-11(16-17)5-6-14;/h1-4,7H,5-6,14H2;1H. The molecule has 1 aromatic carbocycles. The highest BCUT2D eigenvalue weighted by Crippen LogP contribution is 2.23. The van der Waals surface area contributed by atoms with Crippen molar-refractivity contribution in [1.29, 1.82) is 0 Å². The number of hydrogen-bond donors (Lipinski definition) is 1. The van der Waals surface area contributed by atoms with Crippen LogP contribution in [0.25, 0.3) is 16.2 Å². The fourth-order valence-corrected chi connectivity index (χ4v) is 2.74. The van der Waals surface area contributed by atoms with Crippen LogP contribution in [-0.4, -0.2) is 21.1 Å². The smallest absolute Gasteiger partial charge is 0.212 e. The summed E-state index contributed by atoms with van der Waals surface area (Å²) in [5.41, 5.74) is 7.46. The van der Waals surface area contributed by atoms with E-state index in [1.54, 1.807) is 15.9 Å². The summed E-state index contributed by atoms with van der Waals surface area (Å²) < 4.78 is 1.81. The number of aromatic nitrogens is 3. The fraction of sp³-hybridized carbons (Fsp3) is 0.167. The SMILES string of the molecule is Cl.NCCc1nn2cc(-c3ccc(Cl)cc3)nc2s1. The first kappa shape index (κ1) is 14.3. The van der Waals surface area contributed by atoms with Crippen molar-refractivity contribution in [2.24, 2.45) is 5.73 Å². The van der Waals surface area contributed by atoms with Gasteiger partial charge in [0.25, 0.3) is 0 Å². The van der Waals surface area contributed by atoms with Gasteiger partial charge in [-0.3, -0.25) is 0 Å². The molecule has 0 spiro atoms. The van der Waals surface area contributed by atoms with Gasteiger partial charge in [-0.25, -0.2) is 9.50 Å². The lowest BCUT2D eigenvalue weighted by Gasteiger charge is -1.95. The van der Waals surface area contributed by atoms with Gasteiger partial charge in [-0.2, -0.15) is 5.10 Å². The quantitative estimate of drug-likeness (QED) is 0.808. The van der Waals surface area contributed by atoms with Crippen molar-refractivity contribution in [2.75, 3.05) is 6.54 Å². The summed E-state index contributed by atoms with van der Waals surface area (Å²) in [6, 6.07) is 7.63. The van der Waals surface area contributed by atoms with Crippen LogP contribution in [0.4, 0.5) is 0 Å². The number of fused-ring (bicyclic) bond motifs is 1. The second-order valence-corrected chi connectivity index (χ2v) is 5.37. The van der Waals surface area contributed by atoms with Crippen LogP contribution < -0.4 is 5.73 Å². The van der Waals surface area contributed by atoms with E-state index >= 15 is 0 Å². The summed E-state index contributed by atoms with van der Waals surface area (Å²) in [6.07, 6.45) is 2.72. The molecule has 0 saturated carbocycles. The van der Waals surface area contributed by atoms with Gasteiger partial charge in [0.1, 0.15) is 5.01 Å². The highest BCUT2D eigenvalue weighted by Gasteiger charge is 2.09. The number of hydrogen-bond acceptors (Lipinski definition) is 4. The summed E-state index contributed by atoms with van der Waals surface area (Å²) in [7, 11) is 0. The lowest BCUT2D eigenvalue weighted by molar-refractivity contribution is 0.873. The molecule has 0 amide bonds. The second kappa shape index (κ2) is 5.88. The van der Waals surface area contributed by atoms with Gasteiger partial charge >= 0.3 is 0 Å². The number of imidazole rings is 1. The molecule has 3 rings (SSSR count). The van der Waals surface area contributed by atoms with Crippen LogP contribution >= 0.6 is 35.3 Å². The molecule has 0 unspecified atom stereocenters. The summed E-state index contributed by atoms with van der Waals surface area (Å²) in [5.74, 6) is 0. The van der Waals surface area contributed by atoms with Gasteiger partial charge in [-0.1, -0.05) is 35.1 Å². The average molecular weight is 315 g/mol. The molecule has 0 aliphatic heterocycles. The van der Waals surface area contributed by atoms with Crippen LogP contribution in [-0.2, 0) is 6.42 Å². The zero-order chi connectivity index (χ0) is 12.5. The lowest BCUT2D eigenvalue weighted by atomic mass is 10.2. The summed E-state index contributed by atoms with van der Waals surface area (Å²) in [5, 5.41) is 6.17. The molecule has 19 heavy (non-hydrogen) atoms. The van der Waals surface area contributed by atoms with E-state index in [9.17, 15) is 0 Å². The molecule has 0 fully saturated rings. The Morgan fingerprint density at radius 2 is 2.00 bits per heavy atom. The molecule has 7 heteroatoms. The number of halogens is 2. The van der Waals surface area contributed by atoms with Crippen LogP contribution in [0.15, 0.2) is 30.5 Å². The van der Waals surface area contributed by atoms with Gasteiger partial charge in [0.2, 0.25) is 4.96 Å². The second-order valence-electron chi connectivity index (χ2n) is 3.89. The highest BCUT2D eigenvalue weighted by atomic mass is 35.5. The molecule has 0 radical (unpaired) electrons. The fourth-order valence-electron chi connectivity index (χ4n) is 1.73. The zero-order valence-electron chi connectivity index (χ0n) is 9.91. The average Bonchev–Trinajstić information content (AvgIpc) is 2.88. The first-order chi connectivity index (χ1) is 8.76. The van der Waals surface area contributed by atoms with Crippen molar-refractivity contribution in [1.82, 2.24) is 14.6 Å². The maximum Gasteiger partial charge on any atom is 0.212 e. The van der Waals surface area contributed by atoms with E-state index < -0.39 is 0 Å². The van der Waals surface area contributed by atoms with E-state index in [4.69, 9.17) is 17.3 Å². The first-order valence-corrected chi connectivity index (χ1v) is 6.77. The van der Waals surface area contributed by atoms with E-state index in [0.29, 0.717) is 6.54 Å². The molecule has 0 atom stereocenters. The van der Waals surface area contributed by atoms with Gasteiger partial charge in [0.15, 0.2) is 0 Å². The van der Waals surface area contributed by atoms with Crippen LogP contribution in [0.5, 0.6) is 0 Å². The predicted octanol–water partition coefficient (Wildman–Crippen LogP) is 3.03. The molecule has 100 valence electrons. The van der Waals surface area contributed by atoms with Crippen LogP contribution in [0, 0.1) is 0 Å². The molecule has 3 aromatic rings. The topological polar surface area (TPSA) is 56.2 Å². The number of nitrogens with two attached hydrogens (primary N) is 1. The monoisotopic (exact) mass is 314 g/mol. The summed E-state index contributed by atoms with van der Waals surface area (Å²) >= 11 is 7.44. The Bertz CT molecular complexity index is 643. The third kappa shape index (κ3) is 2.90. The van der Waals surface area contributed by atoms with Crippen molar-refractivity contribution in [2.45, 2.75) is 6.42 Å². The largest absolute Gasteiger partial charge is 0.330 e. The third-order valence-electron chi connectivity index (χ3n) is 2.58. The summed E-state index contributed by atoms with van der Waals surface area (Å²) in [4.78, 5) is 5.44. The van der Waals surface area contributed by atoms with Gasteiger partial charge < -0.3 is 5.73 Å². The molecule has 0 aliphatic carbocycles. The van der Waals surface area contributed by atoms with Crippen molar-refractivity contribution in [3.8, 4) is 11.3 Å². The normalized spacial score (nSPS) is 10.6. The van der Waals surface area contributed by atoms with Crippen molar-refractivity contribution >= 4 is 40.3 Å². The molecular weight excluding hydrogens is 303 g/mol. The minimum absolute atomic E-state index is 0. The lowest BCUT2D eigenvalue weighted by Crippen LogP contribution is -2.02. The predicted molar refractivity (Wildman–Crippen MR) is 81.3 cm³/mol. The van der Waals surface area contributed by atoms with E-state index in [2.05, 4.69) is 10.1 Å². The van der Waals surface area contributed by atoms with Gasteiger partial charge in [0, 0.05) is 17.0 Å². The van der Waals surface area contributed by atoms with E-state index in [1.165, 1.54) is 0 Å². The van der Waals surface area contributed by atoms with Gasteiger partial charge in [-0.05, 0) is 18.7 Å². The summed E-state index contributed by atoms with van der Waals surface area (Å²) in [6.45, 7) is 0.612. The van der Waals surface area contributed by atoms with E-state index in [0.717, 1.165) is 32.7 Å². The Kier molecular flexibility index (Phi) is 4.42. The number of benzene rings is 1.